The van der Waals surface area contributed by atoms with Gasteiger partial charge in [-0.25, -0.2) is 0 Å². The smallest absolute Gasteiger partial charge is 0.152 e. The maximum absolute atomic E-state index is 11.0. The van der Waals surface area contributed by atoms with Crippen molar-refractivity contribution in [2.75, 3.05) is 0 Å². The summed E-state index contributed by atoms with van der Waals surface area (Å²) < 4.78 is 0. The molecule has 2 aromatic rings. The molecule has 0 saturated heterocycles. The highest BCUT2D eigenvalue weighted by atomic mass is 16.1. The van der Waals surface area contributed by atoms with Crippen LogP contribution in [0.2, 0.25) is 0 Å². The zero-order valence-electron chi connectivity index (χ0n) is 8.37. The molecule has 0 unspecified atom stereocenters. The SMILES string of the molecule is CC(C)c1[nH]c2ccccc2c1C=O. The first kappa shape index (κ1) is 9.00. The van der Waals surface area contributed by atoms with Crippen molar-refractivity contribution in [1.29, 1.82) is 0 Å². The van der Waals surface area contributed by atoms with Gasteiger partial charge in [0.15, 0.2) is 6.29 Å². The maximum atomic E-state index is 11.0. The summed E-state index contributed by atoms with van der Waals surface area (Å²) >= 11 is 0. The average Bonchev–Trinajstić information content (AvgIpc) is 2.56. The van der Waals surface area contributed by atoms with Crippen molar-refractivity contribution in [3.63, 3.8) is 0 Å². The number of carbonyl (C=O) groups is 1. The molecule has 1 aromatic carbocycles. The van der Waals surface area contributed by atoms with Gasteiger partial charge in [0.2, 0.25) is 0 Å². The van der Waals surface area contributed by atoms with Crippen LogP contribution in [-0.4, -0.2) is 11.3 Å². The summed E-state index contributed by atoms with van der Waals surface area (Å²) in [5, 5.41) is 1.02. The molecule has 0 atom stereocenters. The summed E-state index contributed by atoms with van der Waals surface area (Å²) in [6, 6.07) is 7.89. The number of H-pyrrole nitrogens is 1. The number of benzene rings is 1. The molecule has 0 saturated carbocycles. The zero-order valence-corrected chi connectivity index (χ0v) is 8.37. The van der Waals surface area contributed by atoms with Crippen LogP contribution in [0.5, 0.6) is 0 Å². The van der Waals surface area contributed by atoms with Crippen LogP contribution in [0, 0.1) is 0 Å². The molecule has 0 aliphatic carbocycles. The maximum Gasteiger partial charge on any atom is 0.152 e. The molecule has 72 valence electrons. The molecule has 2 rings (SSSR count). The van der Waals surface area contributed by atoms with Gasteiger partial charge in [-0.05, 0) is 12.0 Å². The van der Waals surface area contributed by atoms with Gasteiger partial charge >= 0.3 is 0 Å². The second-order valence-electron chi connectivity index (χ2n) is 3.77. The Morgan fingerprint density at radius 1 is 1.29 bits per heavy atom. The first-order chi connectivity index (χ1) is 6.74. The van der Waals surface area contributed by atoms with Crippen LogP contribution >= 0.6 is 0 Å². The van der Waals surface area contributed by atoms with Crippen molar-refractivity contribution < 1.29 is 4.79 Å². The van der Waals surface area contributed by atoms with E-state index in [1.54, 1.807) is 0 Å². The molecule has 0 aliphatic rings. The molecule has 1 heterocycles. The topological polar surface area (TPSA) is 32.9 Å². The van der Waals surface area contributed by atoms with Gasteiger partial charge in [-0.1, -0.05) is 32.0 Å². The van der Waals surface area contributed by atoms with Gasteiger partial charge in [0.05, 0.1) is 0 Å². The van der Waals surface area contributed by atoms with Gasteiger partial charge in [0, 0.05) is 22.2 Å². The number of aromatic amines is 1. The van der Waals surface area contributed by atoms with Gasteiger partial charge in [0.1, 0.15) is 0 Å². The standard InChI is InChI=1S/C12H13NO/c1-8(2)12-10(7-14)9-5-3-4-6-11(9)13-12/h3-8,13H,1-2H3. The Morgan fingerprint density at radius 2 is 2.00 bits per heavy atom. The molecule has 0 bridgehead atoms. The molecule has 1 aromatic heterocycles. The zero-order chi connectivity index (χ0) is 10.1. The second-order valence-corrected chi connectivity index (χ2v) is 3.77. The van der Waals surface area contributed by atoms with Gasteiger partial charge in [-0.15, -0.1) is 0 Å². The van der Waals surface area contributed by atoms with Crippen LogP contribution in [0.15, 0.2) is 24.3 Å². The molecule has 0 spiro atoms. The number of hydrogen-bond donors (Lipinski definition) is 1. The monoisotopic (exact) mass is 187 g/mol. The Labute approximate surface area is 82.9 Å². The molecule has 1 N–H and O–H groups in total. The Kier molecular flexibility index (Phi) is 2.12. The van der Waals surface area contributed by atoms with Crippen LogP contribution in [0.4, 0.5) is 0 Å². The predicted molar refractivity (Wildman–Crippen MR) is 57.8 cm³/mol. The lowest BCUT2D eigenvalue weighted by molar-refractivity contribution is 0.112. The van der Waals surface area contributed by atoms with Gasteiger partial charge in [-0.2, -0.15) is 0 Å². The third-order valence-corrected chi connectivity index (χ3v) is 2.47. The highest BCUT2D eigenvalue weighted by Gasteiger charge is 2.12. The van der Waals surface area contributed by atoms with E-state index in [0.717, 1.165) is 28.4 Å². The van der Waals surface area contributed by atoms with Crippen molar-refractivity contribution in [3.8, 4) is 0 Å². The minimum absolute atomic E-state index is 0.350. The van der Waals surface area contributed by atoms with Crippen molar-refractivity contribution >= 4 is 17.2 Å². The number of carbonyl (C=O) groups excluding carboxylic acids is 1. The summed E-state index contributed by atoms with van der Waals surface area (Å²) in [6.07, 6.45) is 0.939. The Bertz CT molecular complexity index is 468. The van der Waals surface area contributed by atoms with Crippen LogP contribution in [0.1, 0.15) is 35.8 Å². The molecule has 2 heteroatoms. The quantitative estimate of drug-likeness (QED) is 0.720. The van der Waals surface area contributed by atoms with E-state index >= 15 is 0 Å². The van der Waals surface area contributed by atoms with E-state index in [2.05, 4.69) is 18.8 Å². The highest BCUT2D eigenvalue weighted by Crippen LogP contribution is 2.25. The minimum Gasteiger partial charge on any atom is -0.358 e. The molecule has 0 radical (unpaired) electrons. The summed E-state index contributed by atoms with van der Waals surface area (Å²) in [4.78, 5) is 14.3. The van der Waals surface area contributed by atoms with E-state index in [-0.39, 0.29) is 0 Å². The summed E-state index contributed by atoms with van der Waals surface area (Å²) in [7, 11) is 0. The fourth-order valence-electron chi connectivity index (χ4n) is 1.77. The molecule has 0 fully saturated rings. The number of hydrogen-bond acceptors (Lipinski definition) is 1. The Balaban J connectivity index is 2.78. The van der Waals surface area contributed by atoms with Crippen LogP contribution in [0.3, 0.4) is 0 Å². The molecule has 2 nitrogen and oxygen atoms in total. The van der Waals surface area contributed by atoms with Crippen LogP contribution in [-0.2, 0) is 0 Å². The normalized spacial score (nSPS) is 11.1. The predicted octanol–water partition coefficient (Wildman–Crippen LogP) is 3.10. The largest absolute Gasteiger partial charge is 0.358 e. The number of fused-ring (bicyclic) bond motifs is 1. The third kappa shape index (κ3) is 1.23. The summed E-state index contributed by atoms with van der Waals surface area (Å²) in [5.41, 5.74) is 2.87. The van der Waals surface area contributed by atoms with Gasteiger partial charge < -0.3 is 4.98 Å². The van der Waals surface area contributed by atoms with Gasteiger partial charge in [0.25, 0.3) is 0 Å². The first-order valence-corrected chi connectivity index (χ1v) is 4.80. The van der Waals surface area contributed by atoms with Crippen molar-refractivity contribution in [2.24, 2.45) is 0 Å². The lowest BCUT2D eigenvalue weighted by Gasteiger charge is -2.01. The van der Waals surface area contributed by atoms with E-state index in [0.29, 0.717) is 5.92 Å². The van der Waals surface area contributed by atoms with Crippen molar-refractivity contribution in [3.05, 3.63) is 35.5 Å². The van der Waals surface area contributed by atoms with Gasteiger partial charge in [-0.3, -0.25) is 4.79 Å². The fourth-order valence-corrected chi connectivity index (χ4v) is 1.77. The molecule has 14 heavy (non-hydrogen) atoms. The Morgan fingerprint density at radius 3 is 2.64 bits per heavy atom. The molecular weight excluding hydrogens is 174 g/mol. The lowest BCUT2D eigenvalue weighted by Crippen LogP contribution is -1.92. The summed E-state index contributed by atoms with van der Waals surface area (Å²) in [6.45, 7) is 4.16. The highest BCUT2D eigenvalue weighted by molar-refractivity contribution is 5.99. The number of rotatable bonds is 2. The van der Waals surface area contributed by atoms with E-state index in [1.165, 1.54) is 0 Å². The van der Waals surface area contributed by atoms with E-state index in [1.807, 2.05) is 24.3 Å². The Hall–Kier alpha value is -1.57. The van der Waals surface area contributed by atoms with Crippen molar-refractivity contribution in [2.45, 2.75) is 19.8 Å². The van der Waals surface area contributed by atoms with E-state index in [4.69, 9.17) is 0 Å². The lowest BCUT2D eigenvalue weighted by atomic mass is 10.0. The molecule has 0 aliphatic heterocycles. The minimum atomic E-state index is 0.350. The second kappa shape index (κ2) is 3.29. The third-order valence-electron chi connectivity index (χ3n) is 2.47. The number of para-hydroxylation sites is 1. The summed E-state index contributed by atoms with van der Waals surface area (Å²) in [5.74, 6) is 0.350. The number of aldehydes is 1. The van der Waals surface area contributed by atoms with Crippen LogP contribution in [0.25, 0.3) is 10.9 Å². The van der Waals surface area contributed by atoms with E-state index < -0.39 is 0 Å². The molecular formula is C12H13NO. The number of aromatic nitrogens is 1. The van der Waals surface area contributed by atoms with Crippen molar-refractivity contribution in [1.82, 2.24) is 4.98 Å². The first-order valence-electron chi connectivity index (χ1n) is 4.80. The fraction of sp³-hybridized carbons (Fsp3) is 0.250. The number of nitrogens with one attached hydrogen (secondary N) is 1. The van der Waals surface area contributed by atoms with Crippen LogP contribution < -0.4 is 0 Å². The molecule has 0 amide bonds. The van der Waals surface area contributed by atoms with E-state index in [9.17, 15) is 4.79 Å². The average molecular weight is 187 g/mol.